The molecule has 0 radical (unpaired) electrons. The van der Waals surface area contributed by atoms with E-state index in [0.717, 1.165) is 9.61 Å². The highest BCUT2D eigenvalue weighted by Gasteiger charge is 1.92. The average molecular weight is 239 g/mol. The number of rotatable bonds is 2. The fourth-order valence-corrected chi connectivity index (χ4v) is 1.76. The first-order valence-electron chi connectivity index (χ1n) is 2.66. The molecule has 4 heteroatoms. The molecule has 0 saturated heterocycles. The molecule has 0 saturated carbocycles. The summed E-state index contributed by atoms with van der Waals surface area (Å²) >= 11 is 10.3. The van der Waals surface area contributed by atoms with Crippen LogP contribution in [-0.2, 0) is 0 Å². The van der Waals surface area contributed by atoms with Gasteiger partial charge in [-0.15, -0.1) is 22.9 Å². The molecule has 1 aromatic heterocycles. The second-order valence-corrected chi connectivity index (χ2v) is 3.58. The van der Waals surface area contributed by atoms with Crippen molar-refractivity contribution >= 4 is 44.9 Å². The summed E-state index contributed by atoms with van der Waals surface area (Å²) in [5.74, 6) is 0.539. The van der Waals surface area contributed by atoms with Crippen molar-refractivity contribution in [2.45, 2.75) is 0 Å². The maximum Gasteiger partial charge on any atom is 0.117 e. The fourth-order valence-electron chi connectivity index (χ4n) is 0.489. The van der Waals surface area contributed by atoms with Gasteiger partial charge in [0, 0.05) is 11.3 Å². The van der Waals surface area contributed by atoms with E-state index in [-0.39, 0.29) is 0 Å². The van der Waals surface area contributed by atoms with Gasteiger partial charge >= 0.3 is 0 Å². The molecule has 0 fully saturated rings. The highest BCUT2D eigenvalue weighted by molar-refractivity contribution is 9.10. The third kappa shape index (κ3) is 2.40. The lowest BCUT2D eigenvalue weighted by Gasteiger charge is -1.77. The van der Waals surface area contributed by atoms with Crippen LogP contribution in [0.1, 0.15) is 5.01 Å². The van der Waals surface area contributed by atoms with Crippen molar-refractivity contribution in [3.63, 3.8) is 0 Å². The van der Waals surface area contributed by atoms with Crippen LogP contribution < -0.4 is 0 Å². The van der Waals surface area contributed by atoms with Gasteiger partial charge in [-0.05, 0) is 22.0 Å². The number of aromatic nitrogens is 1. The molecule has 1 nitrogen and oxygen atoms in total. The average Bonchev–Trinajstić information content (AvgIpc) is 2.31. The Kier molecular flexibility index (Phi) is 3.39. The SMILES string of the molecule is ClCC=Cc1nc(Br)cs1. The van der Waals surface area contributed by atoms with Gasteiger partial charge in [0.2, 0.25) is 0 Å². The third-order valence-electron chi connectivity index (χ3n) is 0.843. The van der Waals surface area contributed by atoms with Crippen LogP contribution in [0.25, 0.3) is 6.08 Å². The van der Waals surface area contributed by atoms with E-state index in [9.17, 15) is 0 Å². The number of nitrogens with zero attached hydrogens (tertiary/aromatic N) is 1. The Morgan fingerprint density at radius 3 is 3.10 bits per heavy atom. The van der Waals surface area contributed by atoms with Crippen molar-refractivity contribution in [1.29, 1.82) is 0 Å². The fraction of sp³-hybridized carbons (Fsp3) is 0.167. The van der Waals surface area contributed by atoms with E-state index in [1.54, 1.807) is 11.3 Å². The number of alkyl halides is 1. The summed E-state index contributed by atoms with van der Waals surface area (Å²) in [6.45, 7) is 0. The highest BCUT2D eigenvalue weighted by atomic mass is 79.9. The lowest BCUT2D eigenvalue weighted by Crippen LogP contribution is -1.67. The summed E-state index contributed by atoms with van der Waals surface area (Å²) in [6.07, 6.45) is 3.77. The largest absolute Gasteiger partial charge is 0.230 e. The van der Waals surface area contributed by atoms with E-state index in [1.807, 2.05) is 17.5 Å². The minimum absolute atomic E-state index is 0.539. The van der Waals surface area contributed by atoms with Gasteiger partial charge in [0.1, 0.15) is 9.61 Å². The zero-order valence-electron chi connectivity index (χ0n) is 5.05. The van der Waals surface area contributed by atoms with Gasteiger partial charge in [-0.1, -0.05) is 6.08 Å². The van der Waals surface area contributed by atoms with Crippen LogP contribution in [0.4, 0.5) is 0 Å². The van der Waals surface area contributed by atoms with Crippen LogP contribution in [0.15, 0.2) is 16.1 Å². The Labute approximate surface area is 76.9 Å². The lowest BCUT2D eigenvalue weighted by molar-refractivity contribution is 1.34. The molecule has 0 bridgehead atoms. The van der Waals surface area contributed by atoms with E-state index in [2.05, 4.69) is 20.9 Å². The maximum absolute atomic E-state index is 5.44. The van der Waals surface area contributed by atoms with Gasteiger partial charge in [0.25, 0.3) is 0 Å². The molecule has 1 heterocycles. The Morgan fingerprint density at radius 1 is 1.80 bits per heavy atom. The summed E-state index contributed by atoms with van der Waals surface area (Å²) < 4.78 is 0.881. The van der Waals surface area contributed by atoms with Crippen LogP contribution in [-0.4, -0.2) is 10.9 Å². The summed E-state index contributed by atoms with van der Waals surface area (Å²) in [6, 6.07) is 0. The standard InChI is InChI=1S/C6H5BrClNS/c7-5-4-10-6(9-5)2-1-3-8/h1-2,4H,3H2. The van der Waals surface area contributed by atoms with E-state index < -0.39 is 0 Å². The van der Waals surface area contributed by atoms with Crippen LogP contribution in [0, 0.1) is 0 Å². The minimum Gasteiger partial charge on any atom is -0.230 e. The molecule has 0 N–H and O–H groups in total. The Bertz CT molecular complexity index is 233. The minimum atomic E-state index is 0.539. The van der Waals surface area contributed by atoms with Crippen LogP contribution >= 0.6 is 38.9 Å². The molecule has 0 amide bonds. The molecule has 10 heavy (non-hydrogen) atoms. The maximum atomic E-state index is 5.44. The topological polar surface area (TPSA) is 12.9 Å². The molecule has 0 aliphatic heterocycles. The number of halogens is 2. The summed E-state index contributed by atoms with van der Waals surface area (Å²) in [5.41, 5.74) is 0. The monoisotopic (exact) mass is 237 g/mol. The normalized spacial score (nSPS) is 11.0. The molecular weight excluding hydrogens is 233 g/mol. The smallest absolute Gasteiger partial charge is 0.117 e. The first-order chi connectivity index (χ1) is 4.83. The van der Waals surface area contributed by atoms with Crippen molar-refractivity contribution in [2.75, 3.05) is 5.88 Å². The lowest BCUT2D eigenvalue weighted by atomic mass is 10.5. The van der Waals surface area contributed by atoms with Crippen molar-refractivity contribution in [3.05, 3.63) is 21.1 Å². The summed E-state index contributed by atoms with van der Waals surface area (Å²) in [5, 5.41) is 2.92. The molecule has 0 aliphatic carbocycles. The second-order valence-electron chi connectivity index (χ2n) is 1.57. The van der Waals surface area contributed by atoms with E-state index in [4.69, 9.17) is 11.6 Å². The highest BCUT2D eigenvalue weighted by Crippen LogP contribution is 2.15. The van der Waals surface area contributed by atoms with Gasteiger partial charge < -0.3 is 0 Å². The first kappa shape index (κ1) is 8.24. The van der Waals surface area contributed by atoms with Crippen LogP contribution in [0.5, 0.6) is 0 Å². The van der Waals surface area contributed by atoms with E-state index >= 15 is 0 Å². The summed E-state index contributed by atoms with van der Waals surface area (Å²) in [7, 11) is 0. The van der Waals surface area contributed by atoms with E-state index in [0.29, 0.717) is 5.88 Å². The molecule has 1 rings (SSSR count). The Balaban J connectivity index is 2.67. The van der Waals surface area contributed by atoms with Gasteiger partial charge in [0.05, 0.1) is 0 Å². The molecule has 0 atom stereocenters. The first-order valence-corrected chi connectivity index (χ1v) is 4.87. The molecule has 1 aromatic rings. The number of allylic oxidation sites excluding steroid dienone is 1. The quantitative estimate of drug-likeness (QED) is 0.721. The second kappa shape index (κ2) is 4.11. The van der Waals surface area contributed by atoms with Crippen molar-refractivity contribution in [2.24, 2.45) is 0 Å². The predicted molar refractivity (Wildman–Crippen MR) is 49.6 cm³/mol. The van der Waals surface area contributed by atoms with Gasteiger partial charge in [-0.3, -0.25) is 0 Å². The molecule has 0 aromatic carbocycles. The van der Waals surface area contributed by atoms with Crippen molar-refractivity contribution < 1.29 is 0 Å². The number of hydrogen-bond donors (Lipinski definition) is 0. The molecule has 0 spiro atoms. The number of thiazole rings is 1. The molecule has 54 valence electrons. The van der Waals surface area contributed by atoms with Gasteiger partial charge in [-0.2, -0.15) is 0 Å². The number of hydrogen-bond acceptors (Lipinski definition) is 2. The molecule has 0 aliphatic rings. The zero-order valence-corrected chi connectivity index (χ0v) is 8.21. The summed E-state index contributed by atoms with van der Waals surface area (Å²) in [4.78, 5) is 4.14. The Hall–Kier alpha value is 0.140. The van der Waals surface area contributed by atoms with Gasteiger partial charge in [0.15, 0.2) is 0 Å². The van der Waals surface area contributed by atoms with Crippen molar-refractivity contribution in [3.8, 4) is 0 Å². The van der Waals surface area contributed by atoms with Gasteiger partial charge in [-0.25, -0.2) is 4.98 Å². The van der Waals surface area contributed by atoms with E-state index in [1.165, 1.54) is 0 Å². The molecular formula is C6H5BrClNS. The van der Waals surface area contributed by atoms with Crippen LogP contribution in [0.2, 0.25) is 0 Å². The zero-order chi connectivity index (χ0) is 7.40. The predicted octanol–water partition coefficient (Wildman–Crippen LogP) is 3.16. The Morgan fingerprint density at radius 2 is 2.60 bits per heavy atom. The van der Waals surface area contributed by atoms with Crippen molar-refractivity contribution in [1.82, 2.24) is 4.98 Å². The van der Waals surface area contributed by atoms with Crippen LogP contribution in [0.3, 0.4) is 0 Å². The third-order valence-corrected chi connectivity index (χ3v) is 2.54. The molecule has 0 unspecified atom stereocenters.